The minimum atomic E-state index is -3.81. The Kier molecular flexibility index (Phi) is 5.85. The number of aromatic nitrogens is 2. The number of hydrogen-bond acceptors (Lipinski definition) is 6. The van der Waals surface area contributed by atoms with E-state index in [-0.39, 0.29) is 10.0 Å². The van der Waals surface area contributed by atoms with Gasteiger partial charge in [-0.05, 0) is 55.0 Å². The predicted molar refractivity (Wildman–Crippen MR) is 106 cm³/mol. The predicted octanol–water partition coefficient (Wildman–Crippen LogP) is 3.68. The highest BCUT2D eigenvalue weighted by molar-refractivity contribution is 7.93. The molecule has 0 saturated carbocycles. The van der Waals surface area contributed by atoms with Gasteiger partial charge in [-0.3, -0.25) is 4.72 Å². The summed E-state index contributed by atoms with van der Waals surface area (Å²) in [5, 5.41) is 13.7. The first-order valence-electron chi connectivity index (χ1n) is 8.14. The molecule has 1 aromatic heterocycles. The normalized spacial score (nSPS) is 11.1. The van der Waals surface area contributed by atoms with Crippen molar-refractivity contribution in [2.45, 2.75) is 18.2 Å². The molecule has 0 aliphatic carbocycles. The fourth-order valence-corrected chi connectivity index (χ4v) is 4.07. The fourth-order valence-electron chi connectivity index (χ4n) is 2.16. The van der Waals surface area contributed by atoms with Gasteiger partial charge in [-0.15, -0.1) is 10.2 Å². The van der Waals surface area contributed by atoms with Gasteiger partial charge >= 0.3 is 6.03 Å². The summed E-state index contributed by atoms with van der Waals surface area (Å²) >= 11 is 1.17. The first-order chi connectivity index (χ1) is 13.4. The molecule has 28 heavy (non-hydrogen) atoms. The lowest BCUT2D eigenvalue weighted by Crippen LogP contribution is -2.19. The first-order valence-corrected chi connectivity index (χ1v) is 10.4. The molecule has 0 spiro atoms. The van der Waals surface area contributed by atoms with Gasteiger partial charge in [0.25, 0.3) is 10.0 Å². The SMILES string of the molecule is CCc1nnc(NS(=O)(=O)c2ccc(NC(=O)Nc3ccc(F)cc3)cc2)s1. The minimum absolute atomic E-state index is 0.0187. The molecule has 0 radical (unpaired) electrons. The molecule has 0 atom stereocenters. The molecule has 0 unspecified atom stereocenters. The number of carbonyl (C=O) groups is 1. The zero-order valence-corrected chi connectivity index (χ0v) is 16.3. The molecule has 2 aromatic carbocycles. The third kappa shape index (κ3) is 5.02. The molecule has 0 fully saturated rings. The standard InChI is InChI=1S/C17H16FN5O3S2/c1-2-15-21-22-17(27-15)23-28(25,26)14-9-7-13(8-10-14)20-16(24)19-12-5-3-11(18)4-6-12/h3-10H,2H2,1H3,(H,22,23)(H2,19,20,24). The second-order valence-corrected chi connectivity index (χ2v) is 8.31. The van der Waals surface area contributed by atoms with Crippen molar-refractivity contribution in [3.05, 3.63) is 59.4 Å². The van der Waals surface area contributed by atoms with E-state index in [9.17, 15) is 17.6 Å². The number of urea groups is 1. The van der Waals surface area contributed by atoms with Gasteiger partial charge in [-0.25, -0.2) is 17.6 Å². The van der Waals surface area contributed by atoms with Crippen molar-refractivity contribution >= 4 is 43.9 Å². The number of sulfonamides is 1. The zero-order valence-electron chi connectivity index (χ0n) is 14.6. The van der Waals surface area contributed by atoms with Gasteiger partial charge in [0.15, 0.2) is 0 Å². The number of carbonyl (C=O) groups excluding carboxylic acids is 1. The highest BCUT2D eigenvalue weighted by Crippen LogP contribution is 2.21. The molecule has 0 bridgehead atoms. The molecule has 3 rings (SSSR count). The Hall–Kier alpha value is -3.05. The Morgan fingerprint density at radius 3 is 2.11 bits per heavy atom. The quantitative estimate of drug-likeness (QED) is 0.562. The van der Waals surface area contributed by atoms with E-state index < -0.39 is 21.9 Å². The van der Waals surface area contributed by atoms with Crippen LogP contribution >= 0.6 is 11.3 Å². The van der Waals surface area contributed by atoms with E-state index in [0.29, 0.717) is 17.8 Å². The van der Waals surface area contributed by atoms with Crippen LogP contribution in [0.15, 0.2) is 53.4 Å². The van der Waals surface area contributed by atoms with Gasteiger partial charge in [0.1, 0.15) is 10.8 Å². The second-order valence-electron chi connectivity index (χ2n) is 5.57. The summed E-state index contributed by atoms with van der Waals surface area (Å²) in [7, 11) is -3.81. The lowest BCUT2D eigenvalue weighted by atomic mass is 10.3. The van der Waals surface area contributed by atoms with Gasteiger partial charge in [-0.2, -0.15) is 0 Å². The van der Waals surface area contributed by atoms with E-state index in [4.69, 9.17) is 0 Å². The number of halogens is 1. The summed E-state index contributed by atoms with van der Waals surface area (Å²) in [6.07, 6.45) is 0.666. The summed E-state index contributed by atoms with van der Waals surface area (Å²) in [5.41, 5.74) is 0.813. The highest BCUT2D eigenvalue weighted by atomic mass is 32.2. The molecular weight excluding hydrogens is 405 g/mol. The first kappa shape index (κ1) is 19.7. The number of aryl methyl sites for hydroxylation is 1. The number of rotatable bonds is 6. The summed E-state index contributed by atoms with van der Waals surface area (Å²) < 4.78 is 40.0. The van der Waals surface area contributed by atoms with Crippen molar-refractivity contribution in [1.82, 2.24) is 10.2 Å². The average Bonchev–Trinajstić information content (AvgIpc) is 3.11. The maximum absolute atomic E-state index is 12.9. The fraction of sp³-hybridized carbons (Fsp3) is 0.118. The second kappa shape index (κ2) is 8.31. The molecule has 1 heterocycles. The lowest BCUT2D eigenvalue weighted by molar-refractivity contribution is 0.262. The van der Waals surface area contributed by atoms with E-state index in [1.807, 2.05) is 6.92 Å². The van der Waals surface area contributed by atoms with E-state index in [1.54, 1.807) is 0 Å². The number of benzene rings is 2. The average molecular weight is 421 g/mol. The summed E-state index contributed by atoms with van der Waals surface area (Å²) in [4.78, 5) is 12.0. The maximum atomic E-state index is 12.9. The van der Waals surface area contributed by atoms with E-state index in [0.717, 1.165) is 5.01 Å². The topological polar surface area (TPSA) is 113 Å². The van der Waals surface area contributed by atoms with Gasteiger partial charge in [0.2, 0.25) is 5.13 Å². The van der Waals surface area contributed by atoms with Crippen molar-refractivity contribution in [3.63, 3.8) is 0 Å². The van der Waals surface area contributed by atoms with Gasteiger partial charge in [-0.1, -0.05) is 18.3 Å². The zero-order chi connectivity index (χ0) is 20.1. The Morgan fingerprint density at radius 2 is 1.57 bits per heavy atom. The Bertz CT molecular complexity index is 1070. The number of nitrogens with one attached hydrogen (secondary N) is 3. The van der Waals surface area contributed by atoms with Crippen molar-refractivity contribution < 1.29 is 17.6 Å². The maximum Gasteiger partial charge on any atom is 0.323 e. The Labute approximate surface area is 164 Å². The number of hydrogen-bond donors (Lipinski definition) is 3. The van der Waals surface area contributed by atoms with Gasteiger partial charge in [0.05, 0.1) is 4.90 Å². The molecule has 0 aliphatic heterocycles. The third-order valence-electron chi connectivity index (χ3n) is 3.52. The van der Waals surface area contributed by atoms with Crippen LogP contribution in [0.2, 0.25) is 0 Å². The minimum Gasteiger partial charge on any atom is -0.308 e. The molecule has 11 heteroatoms. The van der Waals surface area contributed by atoms with Crippen LogP contribution in [0.4, 0.5) is 25.7 Å². The smallest absolute Gasteiger partial charge is 0.308 e. The molecule has 2 amide bonds. The van der Waals surface area contributed by atoms with Crippen LogP contribution in [0, 0.1) is 5.82 Å². The van der Waals surface area contributed by atoms with Crippen LogP contribution in [0.25, 0.3) is 0 Å². The third-order valence-corrected chi connectivity index (χ3v) is 5.98. The van der Waals surface area contributed by atoms with Crippen LogP contribution in [-0.2, 0) is 16.4 Å². The molecule has 8 nitrogen and oxygen atoms in total. The van der Waals surface area contributed by atoms with Crippen LogP contribution in [-0.4, -0.2) is 24.6 Å². The highest BCUT2D eigenvalue weighted by Gasteiger charge is 2.17. The molecule has 0 saturated heterocycles. The molecule has 3 N–H and O–H groups in total. The molecular formula is C17H16FN5O3S2. The Morgan fingerprint density at radius 1 is 1.00 bits per heavy atom. The summed E-state index contributed by atoms with van der Waals surface area (Å²) in [6, 6.07) is 10.4. The summed E-state index contributed by atoms with van der Waals surface area (Å²) in [5.74, 6) is -0.407. The van der Waals surface area contributed by atoms with E-state index >= 15 is 0 Å². The van der Waals surface area contributed by atoms with Gasteiger partial charge < -0.3 is 10.6 Å². The monoisotopic (exact) mass is 421 g/mol. The van der Waals surface area contributed by atoms with Crippen LogP contribution < -0.4 is 15.4 Å². The lowest BCUT2D eigenvalue weighted by Gasteiger charge is -2.09. The number of anilines is 3. The van der Waals surface area contributed by atoms with Crippen molar-refractivity contribution in [1.29, 1.82) is 0 Å². The van der Waals surface area contributed by atoms with Crippen LogP contribution in [0.5, 0.6) is 0 Å². The van der Waals surface area contributed by atoms with Gasteiger partial charge in [0, 0.05) is 11.4 Å². The largest absolute Gasteiger partial charge is 0.323 e. The van der Waals surface area contributed by atoms with Crippen molar-refractivity contribution in [3.8, 4) is 0 Å². The van der Waals surface area contributed by atoms with Crippen LogP contribution in [0.3, 0.4) is 0 Å². The van der Waals surface area contributed by atoms with E-state index in [1.165, 1.54) is 59.9 Å². The Balaban J connectivity index is 1.63. The number of amides is 2. The van der Waals surface area contributed by atoms with Crippen molar-refractivity contribution in [2.75, 3.05) is 15.4 Å². The molecule has 146 valence electrons. The van der Waals surface area contributed by atoms with E-state index in [2.05, 4.69) is 25.6 Å². The van der Waals surface area contributed by atoms with Crippen molar-refractivity contribution in [2.24, 2.45) is 0 Å². The molecule has 3 aromatic rings. The number of nitrogens with zero attached hydrogens (tertiary/aromatic N) is 2. The molecule has 0 aliphatic rings. The van der Waals surface area contributed by atoms with Crippen LogP contribution in [0.1, 0.15) is 11.9 Å². The summed E-state index contributed by atoms with van der Waals surface area (Å²) in [6.45, 7) is 1.90.